The highest BCUT2D eigenvalue weighted by Gasteiger charge is 2.52. The van der Waals surface area contributed by atoms with Crippen molar-refractivity contribution in [1.82, 2.24) is 25.8 Å². The Bertz CT molecular complexity index is 2390. The van der Waals surface area contributed by atoms with Gasteiger partial charge in [-0.3, -0.25) is 43.8 Å². The maximum absolute atomic E-state index is 13.2. The molecule has 2 unspecified atom stereocenters. The molecule has 0 saturated carbocycles. The van der Waals surface area contributed by atoms with E-state index in [0.717, 1.165) is 4.90 Å². The molecule has 3 aliphatic heterocycles. The summed E-state index contributed by atoms with van der Waals surface area (Å²) in [5.74, 6) is -3.35. The van der Waals surface area contributed by atoms with Crippen LogP contribution in [0.3, 0.4) is 0 Å². The SMILES string of the molecule is O=C1CCC(N2C(=O)c3cccc(NCCOCCOCCOCCOCCOCCNC(=O)c4cc5cc(N6CCC(O)(C(=O)NCCc7ccco7)C6=O)ccc5[nH]4)c3C2=O)C(=O)N1. The molecular formula is C45H53N7O14. The molecular weight excluding hydrogens is 863 g/mol. The van der Waals surface area contributed by atoms with Crippen LogP contribution >= 0.6 is 0 Å². The lowest BCUT2D eigenvalue weighted by Crippen LogP contribution is -2.54. The van der Waals surface area contributed by atoms with Gasteiger partial charge in [-0.25, -0.2) is 0 Å². The second-order valence-corrected chi connectivity index (χ2v) is 15.5. The fraction of sp³-hybridized carbons (Fsp3) is 0.444. The van der Waals surface area contributed by atoms with Crippen molar-refractivity contribution in [3.05, 3.63) is 83.4 Å². The first-order valence-corrected chi connectivity index (χ1v) is 21.8. The van der Waals surface area contributed by atoms with E-state index in [9.17, 15) is 38.7 Å². The molecule has 3 aliphatic rings. The van der Waals surface area contributed by atoms with Crippen molar-refractivity contribution in [3.63, 3.8) is 0 Å². The second-order valence-electron chi connectivity index (χ2n) is 15.5. The molecule has 0 spiro atoms. The normalized spacial score (nSPS) is 18.3. The zero-order valence-corrected chi connectivity index (χ0v) is 36.2. The summed E-state index contributed by atoms with van der Waals surface area (Å²) in [6.07, 6.45) is 2.03. The summed E-state index contributed by atoms with van der Waals surface area (Å²) in [6, 6.07) is 14.2. The van der Waals surface area contributed by atoms with Crippen LogP contribution in [0.4, 0.5) is 11.4 Å². The third-order valence-electron chi connectivity index (χ3n) is 11.1. The molecule has 6 N–H and O–H groups in total. The Morgan fingerprint density at radius 2 is 1.48 bits per heavy atom. The van der Waals surface area contributed by atoms with Gasteiger partial charge in [0.05, 0.1) is 83.5 Å². The molecule has 2 fully saturated rings. The van der Waals surface area contributed by atoms with E-state index in [1.807, 2.05) is 0 Å². The maximum atomic E-state index is 13.2. The van der Waals surface area contributed by atoms with Gasteiger partial charge in [0.25, 0.3) is 29.5 Å². The van der Waals surface area contributed by atoms with Crippen molar-refractivity contribution in [2.24, 2.45) is 0 Å². The maximum Gasteiger partial charge on any atom is 0.268 e. The number of nitrogens with one attached hydrogen (secondary N) is 5. The Morgan fingerprint density at radius 3 is 2.17 bits per heavy atom. The van der Waals surface area contributed by atoms with Crippen LogP contribution in [0.1, 0.15) is 56.2 Å². The van der Waals surface area contributed by atoms with Crippen molar-refractivity contribution in [1.29, 1.82) is 0 Å². The molecule has 7 rings (SSSR count). The number of imide groups is 2. The van der Waals surface area contributed by atoms with Gasteiger partial charge in [0.2, 0.25) is 17.4 Å². The summed E-state index contributed by atoms with van der Waals surface area (Å²) < 4.78 is 33.0. The van der Waals surface area contributed by atoms with Gasteiger partial charge in [-0.2, -0.15) is 0 Å². The van der Waals surface area contributed by atoms with Gasteiger partial charge in [0.15, 0.2) is 0 Å². The molecule has 4 aromatic rings. The van der Waals surface area contributed by atoms with E-state index in [2.05, 4.69) is 26.3 Å². The van der Waals surface area contributed by atoms with Crippen LogP contribution in [0.2, 0.25) is 0 Å². The third-order valence-corrected chi connectivity index (χ3v) is 11.1. The summed E-state index contributed by atoms with van der Waals surface area (Å²) >= 11 is 0. The molecule has 7 amide bonds. The number of carbonyl (C=O) groups is 7. The number of rotatable bonds is 26. The van der Waals surface area contributed by atoms with E-state index >= 15 is 0 Å². The van der Waals surface area contributed by atoms with Gasteiger partial charge in [0, 0.05) is 67.7 Å². The van der Waals surface area contributed by atoms with Crippen molar-refractivity contribution in [2.75, 3.05) is 102 Å². The molecule has 0 aliphatic carbocycles. The minimum absolute atomic E-state index is 0.0493. The predicted octanol–water partition coefficient (Wildman–Crippen LogP) is 0.914. The van der Waals surface area contributed by atoms with Gasteiger partial charge >= 0.3 is 0 Å². The quantitative estimate of drug-likeness (QED) is 0.0291. The van der Waals surface area contributed by atoms with E-state index in [4.69, 9.17) is 28.1 Å². The molecule has 21 heteroatoms. The van der Waals surface area contributed by atoms with Crippen LogP contribution in [0.25, 0.3) is 10.9 Å². The number of aromatic amines is 1. The van der Waals surface area contributed by atoms with Gasteiger partial charge in [0.1, 0.15) is 17.5 Å². The van der Waals surface area contributed by atoms with E-state index in [0.29, 0.717) is 106 Å². The Labute approximate surface area is 378 Å². The summed E-state index contributed by atoms with van der Waals surface area (Å²) in [7, 11) is 0. The van der Waals surface area contributed by atoms with E-state index < -0.39 is 47.1 Å². The first-order valence-electron chi connectivity index (χ1n) is 21.8. The summed E-state index contributed by atoms with van der Waals surface area (Å²) in [5.41, 5.74) is 0.168. The zero-order chi connectivity index (χ0) is 46.5. The first kappa shape index (κ1) is 47.5. The number of hydrogen-bond acceptors (Lipinski definition) is 15. The fourth-order valence-corrected chi connectivity index (χ4v) is 7.71. The number of carbonyl (C=O) groups excluding carboxylic acids is 7. The van der Waals surface area contributed by atoms with Crippen LogP contribution in [-0.4, -0.2) is 160 Å². The standard InChI is InChI=1S/C45H53N7O14/c53-37-9-8-36(40(55)50-37)52-41(56)32-4-1-5-34(38(32)42(52)57)46-13-17-61-19-21-63-23-25-65-26-24-64-22-20-62-18-14-47-39(54)35-28-29-27-30(6-7-33(29)49-35)51-15-11-45(60,44(51)59)43(58)48-12-10-31-3-2-16-66-31/h1-7,16,27-28,36,46,49,60H,8-15,17-26H2,(H,47,54)(H,48,58)(H,50,53,55). The van der Waals surface area contributed by atoms with E-state index in [-0.39, 0.29) is 62.5 Å². The number of H-pyrrole nitrogens is 1. The largest absolute Gasteiger partial charge is 0.469 e. The van der Waals surface area contributed by atoms with Crippen molar-refractivity contribution in [2.45, 2.75) is 37.3 Å². The lowest BCUT2D eigenvalue weighted by Gasteiger charge is -2.27. The van der Waals surface area contributed by atoms with Crippen molar-refractivity contribution < 1.29 is 66.8 Å². The van der Waals surface area contributed by atoms with Gasteiger partial charge in [-0.05, 0) is 55.0 Å². The zero-order valence-electron chi connectivity index (χ0n) is 36.2. The topological polar surface area (TPSA) is 269 Å². The Hall–Kier alpha value is -6.49. The predicted molar refractivity (Wildman–Crippen MR) is 234 cm³/mol. The van der Waals surface area contributed by atoms with Crippen molar-refractivity contribution >= 4 is 63.6 Å². The number of amides is 7. The highest BCUT2D eigenvalue weighted by atomic mass is 16.6. The van der Waals surface area contributed by atoms with Crippen LogP contribution in [0.15, 0.2) is 65.3 Å². The number of fused-ring (bicyclic) bond motifs is 2. The van der Waals surface area contributed by atoms with Crippen LogP contribution < -0.4 is 26.2 Å². The Kier molecular flexibility index (Phi) is 16.3. The molecule has 2 saturated heterocycles. The molecule has 5 heterocycles. The second kappa shape index (κ2) is 22.6. The highest BCUT2D eigenvalue weighted by molar-refractivity contribution is 6.25. The Balaban J connectivity index is 0.674. The summed E-state index contributed by atoms with van der Waals surface area (Å²) in [5, 5.41) is 22.4. The molecule has 21 nitrogen and oxygen atoms in total. The summed E-state index contributed by atoms with van der Waals surface area (Å²) in [4.78, 5) is 94.3. The van der Waals surface area contributed by atoms with Gasteiger partial charge < -0.3 is 59.0 Å². The lowest BCUT2D eigenvalue weighted by molar-refractivity contribution is -0.149. The van der Waals surface area contributed by atoms with Gasteiger partial charge in [-0.1, -0.05) is 6.07 Å². The number of anilines is 2. The fourth-order valence-electron chi connectivity index (χ4n) is 7.71. The number of furan rings is 1. The molecule has 2 atom stereocenters. The number of nitrogens with zero attached hydrogens (tertiary/aromatic N) is 2. The average molecular weight is 916 g/mol. The molecule has 2 aromatic heterocycles. The lowest BCUT2D eigenvalue weighted by atomic mass is 10.0. The van der Waals surface area contributed by atoms with Crippen LogP contribution in [0.5, 0.6) is 0 Å². The number of piperidine rings is 1. The van der Waals surface area contributed by atoms with E-state index in [1.165, 1.54) is 17.2 Å². The number of hydrogen-bond donors (Lipinski definition) is 6. The third kappa shape index (κ3) is 11.5. The smallest absolute Gasteiger partial charge is 0.268 e. The molecule has 352 valence electrons. The minimum Gasteiger partial charge on any atom is -0.469 e. The number of ether oxygens (including phenoxy) is 5. The average Bonchev–Trinajstić information content (AvgIpc) is 4.11. The number of aromatic nitrogens is 1. The van der Waals surface area contributed by atoms with Crippen LogP contribution in [0, 0.1) is 0 Å². The molecule has 0 bridgehead atoms. The molecule has 0 radical (unpaired) electrons. The molecule has 66 heavy (non-hydrogen) atoms. The highest BCUT2D eigenvalue weighted by Crippen LogP contribution is 2.33. The number of aliphatic hydroxyl groups is 1. The number of benzene rings is 2. The van der Waals surface area contributed by atoms with E-state index in [1.54, 1.807) is 48.5 Å². The minimum atomic E-state index is -2.18. The Morgan fingerprint density at radius 1 is 0.788 bits per heavy atom. The van der Waals surface area contributed by atoms with Crippen LogP contribution in [-0.2, 0) is 49.3 Å². The van der Waals surface area contributed by atoms with Crippen molar-refractivity contribution in [3.8, 4) is 0 Å². The first-order chi connectivity index (χ1) is 32.0. The summed E-state index contributed by atoms with van der Waals surface area (Å²) in [6.45, 7) is 4.41. The monoisotopic (exact) mass is 915 g/mol. The van der Waals surface area contributed by atoms with Gasteiger partial charge in [-0.15, -0.1) is 0 Å². The molecule has 2 aromatic carbocycles.